The molecule has 0 unspecified atom stereocenters. The summed E-state index contributed by atoms with van der Waals surface area (Å²) in [6.07, 6.45) is 0. The molecular formula is C8H21NO2Si. The Kier molecular flexibility index (Phi) is 5.74. The Hall–Kier alpha value is 0.0969. The van der Waals surface area contributed by atoms with E-state index in [4.69, 9.17) is 8.85 Å². The van der Waals surface area contributed by atoms with Gasteiger partial charge in [0.1, 0.15) is 0 Å². The Labute approximate surface area is 77.0 Å². The molecule has 0 saturated heterocycles. The van der Waals surface area contributed by atoms with Crippen LogP contribution in [-0.2, 0) is 8.85 Å². The highest BCUT2D eigenvalue weighted by Gasteiger charge is 2.39. The molecule has 0 N–H and O–H groups in total. The second-order valence-corrected chi connectivity index (χ2v) is 6.23. The van der Waals surface area contributed by atoms with Crippen molar-refractivity contribution in [3.63, 3.8) is 0 Å². The summed E-state index contributed by atoms with van der Waals surface area (Å²) in [4.78, 5) is 0. The third kappa shape index (κ3) is 2.29. The third-order valence-corrected chi connectivity index (χ3v) is 6.10. The van der Waals surface area contributed by atoms with Crippen LogP contribution in [0.3, 0.4) is 0 Å². The molecule has 0 heterocycles. The van der Waals surface area contributed by atoms with E-state index in [9.17, 15) is 0 Å². The highest BCUT2D eigenvalue weighted by atomic mass is 28.4. The molecular weight excluding hydrogens is 170 g/mol. The van der Waals surface area contributed by atoms with Gasteiger partial charge in [-0.3, -0.25) is 4.57 Å². The summed E-state index contributed by atoms with van der Waals surface area (Å²) in [5.41, 5.74) is 0. The first-order chi connectivity index (χ1) is 5.70. The van der Waals surface area contributed by atoms with Gasteiger partial charge in [-0.25, -0.2) is 0 Å². The van der Waals surface area contributed by atoms with Crippen molar-refractivity contribution in [3.05, 3.63) is 0 Å². The van der Waals surface area contributed by atoms with Crippen LogP contribution < -0.4 is 0 Å². The van der Waals surface area contributed by atoms with E-state index in [1.54, 1.807) is 14.2 Å². The van der Waals surface area contributed by atoms with Crippen LogP contribution in [0.4, 0.5) is 0 Å². The molecule has 0 amide bonds. The molecule has 0 spiro atoms. The van der Waals surface area contributed by atoms with Crippen molar-refractivity contribution < 1.29 is 8.85 Å². The van der Waals surface area contributed by atoms with Gasteiger partial charge in [-0.15, -0.1) is 0 Å². The summed E-state index contributed by atoms with van der Waals surface area (Å²) < 4.78 is 13.3. The molecule has 0 aliphatic heterocycles. The highest BCUT2D eigenvalue weighted by Crippen LogP contribution is 2.16. The minimum atomic E-state index is -2.01. The average molecular weight is 191 g/mol. The topological polar surface area (TPSA) is 21.7 Å². The molecule has 0 aromatic rings. The summed E-state index contributed by atoms with van der Waals surface area (Å²) in [5, 5.41) is 0. The average Bonchev–Trinajstić information content (AvgIpc) is 2.14. The standard InChI is InChI=1S/C8H21NO2Si/c1-6-9(7-2)12(8-3,10-4)11-5/h6-8H2,1-5H3. The van der Waals surface area contributed by atoms with E-state index in [0.717, 1.165) is 19.1 Å². The SMILES string of the molecule is CCN(CC)[Si](CC)(OC)OC. The largest absolute Gasteiger partial charge is 0.426 e. The second kappa shape index (κ2) is 5.69. The Balaban J connectivity index is 4.42. The first-order valence-corrected chi connectivity index (χ1v) is 6.53. The molecule has 0 aromatic carbocycles. The zero-order valence-electron chi connectivity index (χ0n) is 8.89. The van der Waals surface area contributed by atoms with Gasteiger partial charge >= 0.3 is 8.72 Å². The minimum absolute atomic E-state index is 0.974. The third-order valence-electron chi connectivity index (χ3n) is 2.33. The van der Waals surface area contributed by atoms with Crippen molar-refractivity contribution in [2.75, 3.05) is 27.3 Å². The van der Waals surface area contributed by atoms with Crippen LogP contribution in [0.15, 0.2) is 0 Å². The van der Waals surface area contributed by atoms with Gasteiger partial charge in [0.15, 0.2) is 0 Å². The van der Waals surface area contributed by atoms with Crippen LogP contribution in [0.25, 0.3) is 0 Å². The van der Waals surface area contributed by atoms with Gasteiger partial charge in [0.05, 0.1) is 0 Å². The number of hydrogen-bond acceptors (Lipinski definition) is 3. The van der Waals surface area contributed by atoms with Crippen LogP contribution >= 0.6 is 0 Å². The zero-order valence-corrected chi connectivity index (χ0v) is 9.89. The molecule has 0 fully saturated rings. The van der Waals surface area contributed by atoms with Crippen LogP contribution in [0.5, 0.6) is 0 Å². The first-order valence-electron chi connectivity index (χ1n) is 4.56. The lowest BCUT2D eigenvalue weighted by Crippen LogP contribution is -2.56. The van der Waals surface area contributed by atoms with Gasteiger partial charge in [0.2, 0.25) is 0 Å². The summed E-state index contributed by atoms with van der Waals surface area (Å²) in [6, 6.07) is 0.974. The molecule has 0 aliphatic rings. The molecule has 0 aromatic heterocycles. The van der Waals surface area contributed by atoms with Crippen molar-refractivity contribution in [1.82, 2.24) is 4.57 Å². The van der Waals surface area contributed by atoms with Crippen molar-refractivity contribution >= 4 is 8.72 Å². The fourth-order valence-electron chi connectivity index (χ4n) is 1.56. The Morgan fingerprint density at radius 3 is 1.50 bits per heavy atom. The Morgan fingerprint density at radius 2 is 1.42 bits per heavy atom. The quantitative estimate of drug-likeness (QED) is 0.595. The van der Waals surface area contributed by atoms with E-state index in [-0.39, 0.29) is 0 Å². The summed E-state index contributed by atoms with van der Waals surface area (Å²) in [5.74, 6) is 0. The molecule has 0 bridgehead atoms. The van der Waals surface area contributed by atoms with E-state index in [1.807, 2.05) is 0 Å². The molecule has 3 nitrogen and oxygen atoms in total. The summed E-state index contributed by atoms with van der Waals surface area (Å²) in [6.45, 7) is 8.39. The number of hydrogen-bond donors (Lipinski definition) is 0. The van der Waals surface area contributed by atoms with Crippen molar-refractivity contribution in [1.29, 1.82) is 0 Å². The smallest absolute Gasteiger partial charge is 0.386 e. The van der Waals surface area contributed by atoms with Crippen molar-refractivity contribution in [2.24, 2.45) is 0 Å². The zero-order chi connectivity index (χ0) is 9.61. The molecule has 0 atom stereocenters. The molecule has 0 aliphatic carbocycles. The highest BCUT2D eigenvalue weighted by molar-refractivity contribution is 6.64. The van der Waals surface area contributed by atoms with Crippen LogP contribution in [0.1, 0.15) is 20.8 Å². The van der Waals surface area contributed by atoms with Gasteiger partial charge in [-0.2, -0.15) is 0 Å². The van der Waals surface area contributed by atoms with E-state index in [1.165, 1.54) is 0 Å². The van der Waals surface area contributed by atoms with E-state index >= 15 is 0 Å². The van der Waals surface area contributed by atoms with Crippen LogP contribution in [-0.4, -0.2) is 40.6 Å². The number of nitrogens with zero attached hydrogens (tertiary/aromatic N) is 1. The maximum Gasteiger partial charge on any atom is 0.426 e. The molecule has 74 valence electrons. The van der Waals surface area contributed by atoms with Crippen LogP contribution in [0, 0.1) is 0 Å². The molecule has 0 saturated carbocycles. The lowest BCUT2D eigenvalue weighted by molar-refractivity contribution is 0.168. The molecule has 0 radical (unpaired) electrons. The fourth-order valence-corrected chi connectivity index (χ4v) is 4.23. The maximum absolute atomic E-state index is 5.52. The summed E-state index contributed by atoms with van der Waals surface area (Å²) in [7, 11) is 1.48. The normalized spacial score (nSPS) is 12.5. The lowest BCUT2D eigenvalue weighted by atomic mass is 10.7. The van der Waals surface area contributed by atoms with E-state index < -0.39 is 8.72 Å². The minimum Gasteiger partial charge on any atom is -0.386 e. The second-order valence-electron chi connectivity index (χ2n) is 2.65. The predicted molar refractivity (Wildman–Crippen MR) is 53.2 cm³/mol. The Morgan fingerprint density at radius 1 is 1.00 bits per heavy atom. The van der Waals surface area contributed by atoms with Gasteiger partial charge in [0.25, 0.3) is 0 Å². The summed E-state index contributed by atoms with van der Waals surface area (Å²) >= 11 is 0. The van der Waals surface area contributed by atoms with Gasteiger partial charge < -0.3 is 8.85 Å². The van der Waals surface area contributed by atoms with Gasteiger partial charge in [-0.05, 0) is 13.1 Å². The molecule has 4 heteroatoms. The van der Waals surface area contributed by atoms with Crippen LogP contribution in [0.2, 0.25) is 6.04 Å². The monoisotopic (exact) mass is 191 g/mol. The first kappa shape index (κ1) is 12.1. The van der Waals surface area contributed by atoms with E-state index in [0.29, 0.717) is 0 Å². The fraction of sp³-hybridized carbons (Fsp3) is 1.00. The van der Waals surface area contributed by atoms with Gasteiger partial charge in [-0.1, -0.05) is 20.8 Å². The lowest BCUT2D eigenvalue weighted by Gasteiger charge is -2.35. The maximum atomic E-state index is 5.52. The molecule has 12 heavy (non-hydrogen) atoms. The van der Waals surface area contributed by atoms with Gasteiger partial charge in [0, 0.05) is 20.3 Å². The Bertz CT molecular complexity index is 105. The van der Waals surface area contributed by atoms with Crippen molar-refractivity contribution in [3.8, 4) is 0 Å². The molecule has 0 rings (SSSR count). The predicted octanol–water partition coefficient (Wildman–Crippen LogP) is 1.58. The number of rotatable bonds is 6. The van der Waals surface area contributed by atoms with E-state index in [2.05, 4.69) is 25.3 Å². The van der Waals surface area contributed by atoms with Crippen molar-refractivity contribution in [2.45, 2.75) is 26.8 Å².